The van der Waals surface area contributed by atoms with E-state index in [9.17, 15) is 4.79 Å². The van der Waals surface area contributed by atoms with Crippen molar-refractivity contribution in [2.24, 2.45) is 0 Å². The van der Waals surface area contributed by atoms with E-state index in [0.717, 1.165) is 30.6 Å². The monoisotopic (exact) mass is 318 g/mol. The van der Waals surface area contributed by atoms with Gasteiger partial charge < -0.3 is 5.32 Å². The minimum atomic E-state index is -0.0649. The summed E-state index contributed by atoms with van der Waals surface area (Å²) in [6, 6.07) is 15.9. The molecule has 1 aliphatic carbocycles. The van der Waals surface area contributed by atoms with Gasteiger partial charge in [-0.1, -0.05) is 24.3 Å². The van der Waals surface area contributed by atoms with Crippen molar-refractivity contribution >= 4 is 11.6 Å². The van der Waals surface area contributed by atoms with Gasteiger partial charge in [0.05, 0.1) is 11.6 Å². The van der Waals surface area contributed by atoms with E-state index in [1.54, 1.807) is 11.0 Å². The lowest BCUT2D eigenvalue weighted by Gasteiger charge is -2.24. The van der Waals surface area contributed by atoms with Gasteiger partial charge in [0, 0.05) is 5.69 Å². The zero-order chi connectivity index (χ0) is 16.4. The zero-order valence-electron chi connectivity index (χ0n) is 13.2. The van der Waals surface area contributed by atoms with Gasteiger partial charge in [-0.05, 0) is 54.7 Å². The quantitative estimate of drug-likeness (QED) is 0.806. The van der Waals surface area contributed by atoms with Crippen LogP contribution >= 0.6 is 0 Å². The van der Waals surface area contributed by atoms with E-state index < -0.39 is 0 Å². The molecule has 4 rings (SSSR count). The van der Waals surface area contributed by atoms with Gasteiger partial charge in [0.1, 0.15) is 12.7 Å². The number of anilines is 1. The highest BCUT2D eigenvalue weighted by Gasteiger charge is 2.26. The number of carbonyl (C=O) groups excluding carboxylic acids is 1. The van der Waals surface area contributed by atoms with E-state index in [1.807, 2.05) is 36.4 Å². The summed E-state index contributed by atoms with van der Waals surface area (Å²) in [5.41, 5.74) is 4.17. The molecule has 120 valence electrons. The summed E-state index contributed by atoms with van der Waals surface area (Å²) in [6.07, 6.45) is 6.16. The third-order valence-corrected chi connectivity index (χ3v) is 4.50. The molecule has 1 aromatic heterocycles. The lowest BCUT2D eigenvalue weighted by Crippen LogP contribution is -2.24. The second kappa shape index (κ2) is 6.28. The summed E-state index contributed by atoms with van der Waals surface area (Å²) in [4.78, 5) is 16.6. The number of aromatic nitrogens is 3. The second-order valence-corrected chi connectivity index (χ2v) is 6.02. The van der Waals surface area contributed by atoms with Crippen LogP contribution in [-0.2, 0) is 11.2 Å². The molecule has 1 amide bonds. The van der Waals surface area contributed by atoms with Crippen LogP contribution in [0.25, 0.3) is 5.69 Å². The van der Waals surface area contributed by atoms with Crippen LogP contribution in [0.5, 0.6) is 0 Å². The molecule has 1 atom stereocenters. The molecule has 1 heterocycles. The fourth-order valence-corrected chi connectivity index (χ4v) is 3.29. The number of benzene rings is 2. The van der Waals surface area contributed by atoms with Gasteiger partial charge in [0.15, 0.2) is 0 Å². The minimum Gasteiger partial charge on any atom is -0.326 e. The van der Waals surface area contributed by atoms with Crippen LogP contribution in [0, 0.1) is 0 Å². The Hall–Kier alpha value is -2.95. The maximum absolute atomic E-state index is 12.7. The zero-order valence-corrected chi connectivity index (χ0v) is 13.2. The Morgan fingerprint density at radius 3 is 2.75 bits per heavy atom. The fourth-order valence-electron chi connectivity index (χ4n) is 3.29. The molecule has 3 aromatic rings. The largest absolute Gasteiger partial charge is 0.326 e. The lowest BCUT2D eigenvalue weighted by molar-refractivity contribution is -0.117. The SMILES string of the molecule is O=C(Nc1ccc(-n2cncn2)cc1)C1CCCc2ccccc21. The summed E-state index contributed by atoms with van der Waals surface area (Å²) < 4.78 is 1.68. The lowest BCUT2D eigenvalue weighted by atomic mass is 9.82. The first-order chi connectivity index (χ1) is 11.8. The summed E-state index contributed by atoms with van der Waals surface area (Å²) in [5.74, 6) is 0.000554. The van der Waals surface area contributed by atoms with E-state index >= 15 is 0 Å². The van der Waals surface area contributed by atoms with E-state index in [4.69, 9.17) is 0 Å². The van der Waals surface area contributed by atoms with Crippen molar-refractivity contribution in [1.29, 1.82) is 0 Å². The molecule has 0 aliphatic heterocycles. The summed E-state index contributed by atoms with van der Waals surface area (Å²) in [5, 5.41) is 7.13. The molecule has 1 N–H and O–H groups in total. The van der Waals surface area contributed by atoms with Crippen LogP contribution in [0.3, 0.4) is 0 Å². The van der Waals surface area contributed by atoms with Gasteiger partial charge in [-0.2, -0.15) is 5.10 Å². The molecule has 0 bridgehead atoms. The van der Waals surface area contributed by atoms with Crippen molar-refractivity contribution in [1.82, 2.24) is 14.8 Å². The van der Waals surface area contributed by atoms with Crippen LogP contribution < -0.4 is 5.32 Å². The van der Waals surface area contributed by atoms with Gasteiger partial charge in [0.25, 0.3) is 0 Å². The van der Waals surface area contributed by atoms with Crippen molar-refractivity contribution in [3.8, 4) is 5.69 Å². The predicted molar refractivity (Wildman–Crippen MR) is 92.1 cm³/mol. The Labute approximate surface area is 140 Å². The van der Waals surface area contributed by atoms with E-state index in [1.165, 1.54) is 17.5 Å². The summed E-state index contributed by atoms with van der Waals surface area (Å²) >= 11 is 0. The van der Waals surface area contributed by atoms with Crippen LogP contribution in [0.2, 0.25) is 0 Å². The Morgan fingerprint density at radius 2 is 1.96 bits per heavy atom. The molecule has 0 radical (unpaired) electrons. The van der Waals surface area contributed by atoms with Gasteiger partial charge in [-0.3, -0.25) is 4.79 Å². The molecule has 0 fully saturated rings. The Morgan fingerprint density at radius 1 is 1.12 bits per heavy atom. The molecule has 0 saturated carbocycles. The molecule has 1 unspecified atom stereocenters. The van der Waals surface area contributed by atoms with Crippen molar-refractivity contribution in [2.75, 3.05) is 5.32 Å². The van der Waals surface area contributed by atoms with E-state index in [-0.39, 0.29) is 11.8 Å². The number of nitrogens with one attached hydrogen (secondary N) is 1. The first-order valence-corrected chi connectivity index (χ1v) is 8.15. The summed E-state index contributed by atoms with van der Waals surface area (Å²) in [6.45, 7) is 0. The van der Waals surface area contributed by atoms with E-state index in [2.05, 4.69) is 27.5 Å². The first kappa shape index (κ1) is 14.6. The van der Waals surface area contributed by atoms with Crippen LogP contribution in [0.1, 0.15) is 29.9 Å². The highest BCUT2D eigenvalue weighted by Crippen LogP contribution is 2.32. The number of rotatable bonds is 3. The molecule has 0 saturated heterocycles. The maximum atomic E-state index is 12.7. The average molecular weight is 318 g/mol. The number of hydrogen-bond acceptors (Lipinski definition) is 3. The van der Waals surface area contributed by atoms with Crippen molar-refractivity contribution in [3.63, 3.8) is 0 Å². The summed E-state index contributed by atoms with van der Waals surface area (Å²) in [7, 11) is 0. The normalized spacial score (nSPS) is 16.4. The van der Waals surface area contributed by atoms with Crippen molar-refractivity contribution in [2.45, 2.75) is 25.2 Å². The second-order valence-electron chi connectivity index (χ2n) is 6.02. The maximum Gasteiger partial charge on any atom is 0.231 e. The number of amides is 1. The average Bonchev–Trinajstić information content (AvgIpc) is 3.16. The van der Waals surface area contributed by atoms with E-state index in [0.29, 0.717) is 0 Å². The topological polar surface area (TPSA) is 59.8 Å². The number of carbonyl (C=O) groups is 1. The molecular formula is C19H18N4O. The molecule has 5 nitrogen and oxygen atoms in total. The number of nitrogens with zero attached hydrogens (tertiary/aromatic N) is 3. The van der Waals surface area contributed by atoms with Crippen molar-refractivity contribution in [3.05, 3.63) is 72.3 Å². The molecular weight excluding hydrogens is 300 g/mol. The van der Waals surface area contributed by atoms with Gasteiger partial charge in [-0.15, -0.1) is 0 Å². The Bertz CT molecular complexity index is 840. The number of hydrogen-bond donors (Lipinski definition) is 1. The minimum absolute atomic E-state index is 0.0649. The Balaban J connectivity index is 1.51. The van der Waals surface area contributed by atoms with Crippen LogP contribution in [-0.4, -0.2) is 20.7 Å². The fraction of sp³-hybridized carbons (Fsp3) is 0.211. The predicted octanol–water partition coefficient (Wildman–Crippen LogP) is 3.33. The highest BCUT2D eigenvalue weighted by molar-refractivity contribution is 5.96. The smallest absolute Gasteiger partial charge is 0.231 e. The van der Waals surface area contributed by atoms with Crippen molar-refractivity contribution < 1.29 is 4.79 Å². The van der Waals surface area contributed by atoms with Gasteiger partial charge in [-0.25, -0.2) is 9.67 Å². The first-order valence-electron chi connectivity index (χ1n) is 8.15. The molecule has 1 aliphatic rings. The molecule has 24 heavy (non-hydrogen) atoms. The number of fused-ring (bicyclic) bond motifs is 1. The molecule has 5 heteroatoms. The highest BCUT2D eigenvalue weighted by atomic mass is 16.1. The molecule has 0 spiro atoms. The third-order valence-electron chi connectivity index (χ3n) is 4.50. The van der Waals surface area contributed by atoms with Gasteiger partial charge in [0.2, 0.25) is 5.91 Å². The van der Waals surface area contributed by atoms with Crippen LogP contribution in [0.4, 0.5) is 5.69 Å². The standard InChI is InChI=1S/C19H18N4O/c24-19(18-7-3-5-14-4-1-2-6-17(14)18)22-15-8-10-16(11-9-15)23-13-20-12-21-23/h1-2,4,6,8-13,18H,3,5,7H2,(H,22,24). The Kier molecular flexibility index (Phi) is 3.83. The van der Waals surface area contributed by atoms with Crippen LogP contribution in [0.15, 0.2) is 61.2 Å². The molecule has 2 aromatic carbocycles. The number of aryl methyl sites for hydroxylation is 1. The van der Waals surface area contributed by atoms with Gasteiger partial charge >= 0.3 is 0 Å². The third kappa shape index (κ3) is 2.80.